The number of benzene rings is 1. The summed E-state index contributed by atoms with van der Waals surface area (Å²) >= 11 is 0. The molecule has 2 rings (SSSR count). The van der Waals surface area contributed by atoms with Gasteiger partial charge in [-0.15, -0.1) is 0 Å². The molecule has 1 aromatic carbocycles. The maximum absolute atomic E-state index is 11.9. The van der Waals surface area contributed by atoms with Crippen LogP contribution in [0.5, 0.6) is 5.75 Å². The lowest BCUT2D eigenvalue weighted by Crippen LogP contribution is -2.38. The summed E-state index contributed by atoms with van der Waals surface area (Å²) in [7, 11) is 0. The van der Waals surface area contributed by atoms with E-state index in [0.717, 1.165) is 44.3 Å². The van der Waals surface area contributed by atoms with Crippen molar-refractivity contribution in [1.29, 1.82) is 0 Å². The number of nitrogens with zero attached hydrogens (tertiary/aromatic N) is 1. The zero-order chi connectivity index (χ0) is 16.0. The van der Waals surface area contributed by atoms with E-state index in [1.54, 1.807) is 0 Å². The number of nitrogens with one attached hydrogen (secondary N) is 1. The predicted molar refractivity (Wildman–Crippen MR) is 87.3 cm³/mol. The van der Waals surface area contributed by atoms with Crippen LogP contribution in [0.15, 0.2) is 24.3 Å². The minimum Gasteiger partial charge on any atom is -0.492 e. The number of amides is 1. The second-order valence-electron chi connectivity index (χ2n) is 6.53. The van der Waals surface area contributed by atoms with E-state index >= 15 is 0 Å². The highest BCUT2D eigenvalue weighted by atomic mass is 16.5. The van der Waals surface area contributed by atoms with E-state index in [0.29, 0.717) is 6.61 Å². The fourth-order valence-corrected chi connectivity index (χ4v) is 2.07. The van der Waals surface area contributed by atoms with Gasteiger partial charge in [0.2, 0.25) is 5.91 Å². The number of morpholine rings is 1. The average molecular weight is 306 g/mol. The van der Waals surface area contributed by atoms with E-state index < -0.39 is 5.41 Å². The third-order valence-corrected chi connectivity index (χ3v) is 3.57. The Morgan fingerprint density at radius 3 is 2.45 bits per heavy atom. The molecule has 0 saturated carbocycles. The lowest BCUT2D eigenvalue weighted by atomic mass is 9.95. The van der Waals surface area contributed by atoms with Crippen LogP contribution in [0.4, 0.5) is 5.69 Å². The third-order valence-electron chi connectivity index (χ3n) is 3.57. The maximum Gasteiger partial charge on any atom is 0.229 e. The van der Waals surface area contributed by atoms with Gasteiger partial charge in [0.05, 0.1) is 13.2 Å². The summed E-state index contributed by atoms with van der Waals surface area (Å²) in [5.74, 6) is 0.829. The number of hydrogen-bond acceptors (Lipinski definition) is 4. The molecule has 0 spiro atoms. The summed E-state index contributed by atoms with van der Waals surface area (Å²) in [6.45, 7) is 10.8. The zero-order valence-corrected chi connectivity index (χ0v) is 13.7. The molecule has 5 heteroatoms. The second kappa shape index (κ2) is 7.61. The first kappa shape index (κ1) is 16.8. The molecular formula is C17H26N2O3. The lowest BCUT2D eigenvalue weighted by Gasteiger charge is -2.26. The number of rotatable bonds is 5. The quantitative estimate of drug-likeness (QED) is 0.907. The fraction of sp³-hybridized carbons (Fsp3) is 0.588. The maximum atomic E-state index is 11.9. The van der Waals surface area contributed by atoms with E-state index in [-0.39, 0.29) is 5.91 Å². The molecule has 0 bridgehead atoms. The average Bonchev–Trinajstić information content (AvgIpc) is 2.49. The molecular weight excluding hydrogens is 280 g/mol. The summed E-state index contributed by atoms with van der Waals surface area (Å²) in [5, 5.41) is 2.90. The van der Waals surface area contributed by atoms with Gasteiger partial charge in [0.1, 0.15) is 12.4 Å². The standard InChI is InChI=1S/C17H26N2O3/c1-17(2,3)16(20)18-14-4-6-15(7-5-14)22-13-10-19-8-11-21-12-9-19/h4-7H,8-13H2,1-3H3,(H,18,20). The van der Waals surface area contributed by atoms with Crippen molar-refractivity contribution in [1.82, 2.24) is 4.90 Å². The Morgan fingerprint density at radius 2 is 1.86 bits per heavy atom. The van der Waals surface area contributed by atoms with Crippen LogP contribution in [0.2, 0.25) is 0 Å². The van der Waals surface area contributed by atoms with Crippen LogP contribution in [-0.2, 0) is 9.53 Å². The van der Waals surface area contributed by atoms with E-state index in [9.17, 15) is 4.79 Å². The van der Waals surface area contributed by atoms with Crippen molar-refractivity contribution in [2.75, 3.05) is 44.8 Å². The first-order valence-corrected chi connectivity index (χ1v) is 7.79. The summed E-state index contributed by atoms with van der Waals surface area (Å²) < 4.78 is 11.1. The number of carbonyl (C=O) groups is 1. The lowest BCUT2D eigenvalue weighted by molar-refractivity contribution is -0.123. The molecule has 0 radical (unpaired) electrons. The molecule has 1 fully saturated rings. The highest BCUT2D eigenvalue weighted by Gasteiger charge is 2.21. The number of hydrogen-bond donors (Lipinski definition) is 1. The van der Waals surface area contributed by atoms with E-state index in [2.05, 4.69) is 10.2 Å². The number of ether oxygens (including phenoxy) is 2. The first-order valence-electron chi connectivity index (χ1n) is 7.79. The Morgan fingerprint density at radius 1 is 1.23 bits per heavy atom. The van der Waals surface area contributed by atoms with Gasteiger partial charge in [-0.2, -0.15) is 0 Å². The molecule has 22 heavy (non-hydrogen) atoms. The molecule has 1 aromatic rings. The van der Waals surface area contributed by atoms with Crippen LogP contribution < -0.4 is 10.1 Å². The van der Waals surface area contributed by atoms with Crippen molar-refractivity contribution in [2.45, 2.75) is 20.8 Å². The Bertz CT molecular complexity index is 474. The van der Waals surface area contributed by atoms with Crippen LogP contribution in [0.25, 0.3) is 0 Å². The molecule has 1 aliphatic rings. The van der Waals surface area contributed by atoms with E-state index in [1.165, 1.54) is 0 Å². The molecule has 1 aliphatic heterocycles. The summed E-state index contributed by atoms with van der Waals surface area (Å²) in [6.07, 6.45) is 0. The van der Waals surface area contributed by atoms with Crippen LogP contribution in [0.1, 0.15) is 20.8 Å². The summed E-state index contributed by atoms with van der Waals surface area (Å²) in [5.41, 5.74) is 0.397. The second-order valence-corrected chi connectivity index (χ2v) is 6.53. The molecule has 0 unspecified atom stereocenters. The van der Waals surface area contributed by atoms with Crippen molar-refractivity contribution in [2.24, 2.45) is 5.41 Å². The molecule has 5 nitrogen and oxygen atoms in total. The third kappa shape index (κ3) is 5.31. The van der Waals surface area contributed by atoms with Gasteiger partial charge in [-0.05, 0) is 24.3 Å². The zero-order valence-electron chi connectivity index (χ0n) is 13.7. The molecule has 0 aromatic heterocycles. The van der Waals surface area contributed by atoms with Crippen molar-refractivity contribution in [3.63, 3.8) is 0 Å². The smallest absolute Gasteiger partial charge is 0.229 e. The van der Waals surface area contributed by atoms with Gasteiger partial charge < -0.3 is 14.8 Å². The van der Waals surface area contributed by atoms with Crippen molar-refractivity contribution in [3.05, 3.63) is 24.3 Å². The van der Waals surface area contributed by atoms with Crippen LogP contribution >= 0.6 is 0 Å². The van der Waals surface area contributed by atoms with Crippen LogP contribution in [0.3, 0.4) is 0 Å². The Balaban J connectivity index is 1.75. The predicted octanol–water partition coefficient (Wildman–Crippen LogP) is 2.38. The SMILES string of the molecule is CC(C)(C)C(=O)Nc1ccc(OCCN2CCOCC2)cc1. The molecule has 1 saturated heterocycles. The number of carbonyl (C=O) groups excluding carboxylic acids is 1. The van der Waals surface area contributed by atoms with Crippen LogP contribution in [-0.4, -0.2) is 50.3 Å². The van der Waals surface area contributed by atoms with Gasteiger partial charge in [0, 0.05) is 30.7 Å². The molecule has 0 atom stereocenters. The van der Waals surface area contributed by atoms with Gasteiger partial charge in [0.15, 0.2) is 0 Å². The van der Waals surface area contributed by atoms with E-state index in [4.69, 9.17) is 9.47 Å². The van der Waals surface area contributed by atoms with Crippen LogP contribution in [0, 0.1) is 5.41 Å². The Labute approximate surface area is 132 Å². The normalized spacial score (nSPS) is 16.3. The minimum atomic E-state index is -0.396. The molecule has 0 aliphatic carbocycles. The first-order chi connectivity index (χ1) is 10.4. The summed E-state index contributed by atoms with van der Waals surface area (Å²) in [4.78, 5) is 14.2. The molecule has 1 N–H and O–H groups in total. The Hall–Kier alpha value is -1.59. The van der Waals surface area contributed by atoms with Gasteiger partial charge in [-0.25, -0.2) is 0 Å². The van der Waals surface area contributed by atoms with Crippen molar-refractivity contribution in [3.8, 4) is 5.75 Å². The van der Waals surface area contributed by atoms with Gasteiger partial charge >= 0.3 is 0 Å². The topological polar surface area (TPSA) is 50.8 Å². The van der Waals surface area contributed by atoms with Gasteiger partial charge in [-0.3, -0.25) is 9.69 Å². The molecule has 1 amide bonds. The van der Waals surface area contributed by atoms with Crippen molar-refractivity contribution >= 4 is 11.6 Å². The molecule has 1 heterocycles. The largest absolute Gasteiger partial charge is 0.492 e. The minimum absolute atomic E-state index is 0.00786. The fourth-order valence-electron chi connectivity index (χ4n) is 2.07. The summed E-state index contributed by atoms with van der Waals surface area (Å²) in [6, 6.07) is 7.51. The number of anilines is 1. The molecule has 122 valence electrons. The van der Waals surface area contributed by atoms with Gasteiger partial charge in [-0.1, -0.05) is 20.8 Å². The van der Waals surface area contributed by atoms with Crippen molar-refractivity contribution < 1.29 is 14.3 Å². The monoisotopic (exact) mass is 306 g/mol. The highest BCUT2D eigenvalue weighted by molar-refractivity contribution is 5.94. The van der Waals surface area contributed by atoms with E-state index in [1.807, 2.05) is 45.0 Å². The highest BCUT2D eigenvalue weighted by Crippen LogP contribution is 2.20. The van der Waals surface area contributed by atoms with Gasteiger partial charge in [0.25, 0.3) is 0 Å². The Kier molecular flexibility index (Phi) is 5.80.